The molecule has 0 fully saturated rings. The Morgan fingerprint density at radius 3 is 3.00 bits per heavy atom. The van der Waals surface area contributed by atoms with Crippen molar-refractivity contribution in [1.82, 2.24) is 19.7 Å². The van der Waals surface area contributed by atoms with Gasteiger partial charge in [0, 0.05) is 0 Å². The highest BCUT2D eigenvalue weighted by Gasteiger charge is 2.07. The lowest BCUT2D eigenvalue weighted by molar-refractivity contribution is 0.827. The molecule has 0 aliphatic rings. The number of aromatic nitrogens is 4. The van der Waals surface area contributed by atoms with Gasteiger partial charge in [-0.1, -0.05) is 0 Å². The van der Waals surface area contributed by atoms with Crippen molar-refractivity contribution in [1.29, 1.82) is 0 Å². The first-order valence-electron chi connectivity index (χ1n) is 3.72. The predicted molar refractivity (Wildman–Crippen MR) is 59.1 cm³/mol. The van der Waals surface area contributed by atoms with Gasteiger partial charge in [-0.25, -0.2) is 9.67 Å². The molecule has 0 bridgehead atoms. The molecule has 2 aromatic heterocycles. The highest BCUT2D eigenvalue weighted by Crippen LogP contribution is 2.09. The number of rotatable bonds is 1. The summed E-state index contributed by atoms with van der Waals surface area (Å²) in [5, 5.41) is 3.96. The van der Waals surface area contributed by atoms with Crippen LogP contribution in [-0.2, 0) is 0 Å². The molecule has 0 aliphatic heterocycles. The Morgan fingerprint density at radius 2 is 2.36 bits per heavy atom. The number of nitrogens with zero attached hydrogens (tertiary/aromatic N) is 3. The Kier molecular flexibility index (Phi) is 2.23. The van der Waals surface area contributed by atoms with E-state index in [1.165, 1.54) is 17.2 Å². The molecule has 0 radical (unpaired) electrons. The fourth-order valence-electron chi connectivity index (χ4n) is 0.986. The van der Waals surface area contributed by atoms with E-state index < -0.39 is 0 Å². The first-order valence-corrected chi connectivity index (χ1v) is 4.80. The summed E-state index contributed by atoms with van der Waals surface area (Å²) >= 11 is 1.91. The maximum atomic E-state index is 11.2. The topological polar surface area (TPSA) is 89.6 Å². The Labute approximate surface area is 92.3 Å². The number of H-pyrrole nitrogens is 1. The van der Waals surface area contributed by atoms with Crippen LogP contribution < -0.4 is 11.3 Å². The fourth-order valence-corrected chi connectivity index (χ4v) is 1.53. The summed E-state index contributed by atoms with van der Waals surface area (Å²) in [4.78, 5) is 17.7. The molecule has 2 rings (SSSR count). The Balaban J connectivity index is 2.63. The molecule has 7 heteroatoms. The number of aromatic amines is 1. The summed E-state index contributed by atoms with van der Waals surface area (Å²) in [5.74, 6) is 0.478. The van der Waals surface area contributed by atoms with E-state index >= 15 is 0 Å². The second-order valence-electron chi connectivity index (χ2n) is 2.59. The van der Waals surface area contributed by atoms with Gasteiger partial charge in [0.2, 0.25) is 0 Å². The lowest BCUT2D eigenvalue weighted by Crippen LogP contribution is -2.15. The third kappa shape index (κ3) is 1.50. The Bertz CT molecular complexity index is 517. The van der Waals surface area contributed by atoms with E-state index in [1.807, 2.05) is 22.6 Å². The van der Waals surface area contributed by atoms with Gasteiger partial charge >= 0.3 is 0 Å². The van der Waals surface area contributed by atoms with Crippen LogP contribution in [0.5, 0.6) is 0 Å². The monoisotopic (exact) mass is 303 g/mol. The van der Waals surface area contributed by atoms with E-state index in [1.54, 1.807) is 6.20 Å². The van der Waals surface area contributed by atoms with Crippen LogP contribution >= 0.6 is 22.6 Å². The summed E-state index contributed by atoms with van der Waals surface area (Å²) in [6.45, 7) is 0. The molecular weight excluding hydrogens is 297 g/mol. The summed E-state index contributed by atoms with van der Waals surface area (Å²) in [5.41, 5.74) is 5.84. The van der Waals surface area contributed by atoms with Crippen LogP contribution in [0.4, 0.5) is 5.69 Å². The van der Waals surface area contributed by atoms with E-state index in [4.69, 9.17) is 5.73 Å². The molecule has 0 unspecified atom stereocenters. The number of hydrogen-bond donors (Lipinski definition) is 2. The van der Waals surface area contributed by atoms with E-state index in [-0.39, 0.29) is 5.56 Å². The van der Waals surface area contributed by atoms with Crippen LogP contribution in [0.1, 0.15) is 0 Å². The lowest BCUT2D eigenvalue weighted by atomic mass is 10.5. The zero-order chi connectivity index (χ0) is 10.1. The maximum Gasteiger partial charge on any atom is 0.266 e. The highest BCUT2D eigenvalue weighted by atomic mass is 127. The van der Waals surface area contributed by atoms with E-state index in [9.17, 15) is 4.79 Å². The maximum absolute atomic E-state index is 11.2. The molecule has 2 aromatic rings. The first-order chi connectivity index (χ1) is 6.68. The first kappa shape index (κ1) is 9.19. The zero-order valence-corrected chi connectivity index (χ0v) is 9.09. The fraction of sp³-hybridized carbons (Fsp3) is 0. The number of hydrogen-bond acceptors (Lipinski definition) is 4. The Hall–Kier alpha value is -1.38. The zero-order valence-electron chi connectivity index (χ0n) is 6.94. The van der Waals surface area contributed by atoms with E-state index in [0.29, 0.717) is 15.1 Å². The van der Waals surface area contributed by atoms with Crippen LogP contribution in [0.2, 0.25) is 0 Å². The number of anilines is 1. The van der Waals surface area contributed by atoms with Crippen LogP contribution in [0.3, 0.4) is 0 Å². The molecule has 3 N–H and O–H groups in total. The van der Waals surface area contributed by atoms with Crippen LogP contribution in [0, 0.1) is 3.57 Å². The minimum Gasteiger partial charge on any atom is -0.396 e. The molecule has 6 nitrogen and oxygen atoms in total. The molecule has 0 saturated carbocycles. The predicted octanol–water partition coefficient (Wildman–Crippen LogP) is 0.142. The normalized spacial score (nSPS) is 10.4. The summed E-state index contributed by atoms with van der Waals surface area (Å²) < 4.78 is 1.94. The second-order valence-corrected chi connectivity index (χ2v) is 3.67. The SMILES string of the molecule is Nc1cnn(-c2nc[nH]c(=O)c2I)c1. The lowest BCUT2D eigenvalue weighted by Gasteiger charge is -2.00. The van der Waals surface area contributed by atoms with E-state index in [2.05, 4.69) is 15.1 Å². The molecule has 14 heavy (non-hydrogen) atoms. The van der Waals surface area contributed by atoms with Gasteiger partial charge in [-0.3, -0.25) is 4.79 Å². The van der Waals surface area contributed by atoms with Crippen molar-refractivity contribution < 1.29 is 0 Å². The number of nitrogens with two attached hydrogens (primary N) is 1. The van der Waals surface area contributed by atoms with Crippen LogP contribution in [0.15, 0.2) is 23.5 Å². The van der Waals surface area contributed by atoms with Crippen molar-refractivity contribution in [2.75, 3.05) is 5.73 Å². The highest BCUT2D eigenvalue weighted by molar-refractivity contribution is 14.1. The van der Waals surface area contributed by atoms with Crippen molar-refractivity contribution in [3.63, 3.8) is 0 Å². The number of halogens is 1. The smallest absolute Gasteiger partial charge is 0.266 e. The van der Waals surface area contributed by atoms with Gasteiger partial charge in [0.05, 0.1) is 24.4 Å². The molecule has 0 spiro atoms. The van der Waals surface area contributed by atoms with Crippen LogP contribution in [0.25, 0.3) is 5.82 Å². The molecule has 0 aromatic carbocycles. The average Bonchev–Trinajstić information content (AvgIpc) is 2.57. The van der Waals surface area contributed by atoms with Crippen molar-refractivity contribution in [3.8, 4) is 5.82 Å². The number of nitrogens with one attached hydrogen (secondary N) is 1. The van der Waals surface area contributed by atoms with Gasteiger partial charge in [0.15, 0.2) is 5.82 Å². The minimum absolute atomic E-state index is 0.190. The molecule has 0 atom stereocenters. The quantitative estimate of drug-likeness (QED) is 0.734. The molecule has 0 amide bonds. The second kappa shape index (κ2) is 3.40. The molecule has 2 heterocycles. The third-order valence-corrected chi connectivity index (χ3v) is 2.57. The molecule has 0 aliphatic carbocycles. The van der Waals surface area contributed by atoms with Gasteiger partial charge in [0.25, 0.3) is 5.56 Å². The summed E-state index contributed by atoms with van der Waals surface area (Å²) in [7, 11) is 0. The third-order valence-electron chi connectivity index (χ3n) is 1.60. The molecule has 0 saturated heterocycles. The van der Waals surface area contributed by atoms with Gasteiger partial charge in [0.1, 0.15) is 3.57 Å². The summed E-state index contributed by atoms with van der Waals surface area (Å²) in [6, 6.07) is 0. The van der Waals surface area contributed by atoms with Gasteiger partial charge in [-0.05, 0) is 22.6 Å². The van der Waals surface area contributed by atoms with Gasteiger partial charge < -0.3 is 10.7 Å². The van der Waals surface area contributed by atoms with Gasteiger partial charge in [-0.15, -0.1) is 0 Å². The van der Waals surface area contributed by atoms with Crippen molar-refractivity contribution in [2.45, 2.75) is 0 Å². The largest absolute Gasteiger partial charge is 0.396 e. The minimum atomic E-state index is -0.190. The van der Waals surface area contributed by atoms with E-state index in [0.717, 1.165) is 0 Å². The summed E-state index contributed by atoms with van der Waals surface area (Å²) in [6.07, 6.45) is 4.43. The number of nitrogen functional groups attached to an aromatic ring is 1. The Morgan fingerprint density at radius 1 is 1.57 bits per heavy atom. The molecule has 72 valence electrons. The van der Waals surface area contributed by atoms with Crippen molar-refractivity contribution in [3.05, 3.63) is 32.6 Å². The standard InChI is InChI=1S/C7H6IN5O/c8-5-6(10-3-11-7(5)14)13-2-4(9)1-12-13/h1-3H,9H2,(H,10,11,14). The molecular formula is C7H6IN5O. The van der Waals surface area contributed by atoms with Crippen molar-refractivity contribution >= 4 is 28.3 Å². The van der Waals surface area contributed by atoms with Crippen LogP contribution in [-0.4, -0.2) is 19.7 Å². The average molecular weight is 303 g/mol. The van der Waals surface area contributed by atoms with Gasteiger partial charge in [-0.2, -0.15) is 5.10 Å². The van der Waals surface area contributed by atoms with Crippen molar-refractivity contribution in [2.24, 2.45) is 0 Å².